The van der Waals surface area contributed by atoms with E-state index in [4.69, 9.17) is 5.73 Å². The van der Waals surface area contributed by atoms with Gasteiger partial charge in [-0.1, -0.05) is 18.2 Å². The summed E-state index contributed by atoms with van der Waals surface area (Å²) in [5.41, 5.74) is 9.53. The lowest BCUT2D eigenvalue weighted by molar-refractivity contribution is -0.110. The minimum Gasteiger partial charge on any atom is -0.397 e. The van der Waals surface area contributed by atoms with E-state index in [-0.39, 0.29) is 5.91 Å². The van der Waals surface area contributed by atoms with Crippen LogP contribution in [0.4, 0.5) is 11.4 Å². The highest BCUT2D eigenvalue weighted by molar-refractivity contribution is 6.34. The Morgan fingerprint density at radius 1 is 1.24 bits per heavy atom. The van der Waals surface area contributed by atoms with Crippen LogP contribution in [0.1, 0.15) is 11.3 Å². The van der Waals surface area contributed by atoms with Gasteiger partial charge in [0.2, 0.25) is 0 Å². The molecule has 0 aliphatic carbocycles. The third-order valence-electron chi connectivity index (χ3n) is 2.74. The molecule has 0 radical (unpaired) electrons. The Morgan fingerprint density at radius 3 is 2.82 bits per heavy atom. The van der Waals surface area contributed by atoms with Gasteiger partial charge < -0.3 is 16.0 Å². The maximum Gasteiger partial charge on any atom is 0.256 e. The fraction of sp³-hybridized carbons (Fsp3) is 0. The molecule has 0 bridgehead atoms. The second-order valence-corrected chi connectivity index (χ2v) is 3.95. The summed E-state index contributed by atoms with van der Waals surface area (Å²) >= 11 is 0. The van der Waals surface area contributed by atoms with Crippen LogP contribution in [-0.4, -0.2) is 10.9 Å². The molecule has 0 spiro atoms. The van der Waals surface area contributed by atoms with Gasteiger partial charge in [-0.15, -0.1) is 0 Å². The van der Waals surface area contributed by atoms with Crippen molar-refractivity contribution in [3.63, 3.8) is 0 Å². The quantitative estimate of drug-likeness (QED) is 0.650. The number of nitrogens with one attached hydrogen (secondary N) is 2. The highest BCUT2D eigenvalue weighted by atomic mass is 16.2. The minimum absolute atomic E-state index is 0.0839. The van der Waals surface area contributed by atoms with Gasteiger partial charge in [0.15, 0.2) is 0 Å². The van der Waals surface area contributed by atoms with Gasteiger partial charge in [0.05, 0.1) is 5.57 Å². The molecule has 3 rings (SSSR count). The lowest BCUT2D eigenvalue weighted by Gasteiger charge is -1.95. The first-order valence-electron chi connectivity index (χ1n) is 5.30. The van der Waals surface area contributed by atoms with Crippen LogP contribution in [0.15, 0.2) is 36.5 Å². The molecule has 0 saturated carbocycles. The number of nitrogens with two attached hydrogens (primary N) is 1. The molecular formula is C13H11N3O. The van der Waals surface area contributed by atoms with Crippen molar-refractivity contribution in [2.75, 3.05) is 11.1 Å². The number of hydrogen-bond acceptors (Lipinski definition) is 2. The Morgan fingerprint density at radius 2 is 2.06 bits per heavy atom. The number of H-pyrrole nitrogens is 1. The van der Waals surface area contributed by atoms with E-state index in [2.05, 4.69) is 10.3 Å². The molecular weight excluding hydrogens is 214 g/mol. The number of carbonyl (C=O) groups excluding carboxylic acids is 1. The summed E-state index contributed by atoms with van der Waals surface area (Å²) in [6.07, 6.45) is 3.50. The van der Waals surface area contributed by atoms with Gasteiger partial charge in [-0.2, -0.15) is 0 Å². The van der Waals surface area contributed by atoms with Crippen LogP contribution in [0.2, 0.25) is 0 Å². The van der Waals surface area contributed by atoms with E-state index in [1.165, 1.54) is 0 Å². The van der Waals surface area contributed by atoms with E-state index in [0.717, 1.165) is 16.9 Å². The number of para-hydroxylation sites is 1. The van der Waals surface area contributed by atoms with Crippen LogP contribution < -0.4 is 11.1 Å². The lowest BCUT2D eigenvalue weighted by atomic mass is 10.1. The summed E-state index contributed by atoms with van der Waals surface area (Å²) in [5, 5.41) is 2.82. The molecule has 17 heavy (non-hydrogen) atoms. The number of hydrogen-bond donors (Lipinski definition) is 3. The molecule has 2 heterocycles. The maximum absolute atomic E-state index is 11.8. The number of fused-ring (bicyclic) bond motifs is 1. The van der Waals surface area contributed by atoms with E-state index >= 15 is 0 Å². The van der Waals surface area contributed by atoms with Gasteiger partial charge in [-0.05, 0) is 18.2 Å². The molecule has 1 aliphatic heterocycles. The van der Waals surface area contributed by atoms with Crippen molar-refractivity contribution < 1.29 is 4.79 Å². The lowest BCUT2D eigenvalue weighted by Crippen LogP contribution is -2.03. The average Bonchev–Trinajstić information content (AvgIpc) is 2.85. The minimum atomic E-state index is -0.0839. The van der Waals surface area contributed by atoms with E-state index in [1.54, 1.807) is 18.3 Å². The molecule has 2 aromatic rings. The van der Waals surface area contributed by atoms with Crippen LogP contribution in [0, 0.1) is 0 Å². The fourth-order valence-electron chi connectivity index (χ4n) is 1.95. The zero-order chi connectivity index (χ0) is 11.8. The average molecular weight is 225 g/mol. The summed E-state index contributed by atoms with van der Waals surface area (Å²) in [6, 6.07) is 9.41. The Hall–Kier alpha value is -2.49. The first-order valence-corrected chi connectivity index (χ1v) is 5.30. The van der Waals surface area contributed by atoms with E-state index < -0.39 is 0 Å². The molecule has 4 N–H and O–H groups in total. The molecule has 1 aliphatic rings. The van der Waals surface area contributed by atoms with Crippen LogP contribution in [0.3, 0.4) is 0 Å². The SMILES string of the molecule is Nc1c[nH]c(/C=C2\C(=O)Nc3ccccc32)c1. The van der Waals surface area contributed by atoms with Gasteiger partial charge in [0.1, 0.15) is 0 Å². The van der Waals surface area contributed by atoms with E-state index in [1.807, 2.05) is 24.3 Å². The molecule has 0 fully saturated rings. The number of aromatic amines is 1. The predicted octanol–water partition coefficient (Wildman–Crippen LogP) is 2.09. The standard InChI is InChI=1S/C13H11N3O/c14-8-5-9(15-7-8)6-11-10-3-1-2-4-12(10)16-13(11)17/h1-7,15H,14H2,(H,16,17)/b11-6-. The first-order chi connectivity index (χ1) is 8.24. The Kier molecular flexibility index (Phi) is 2.01. The van der Waals surface area contributed by atoms with Crippen molar-refractivity contribution in [1.82, 2.24) is 4.98 Å². The smallest absolute Gasteiger partial charge is 0.256 e. The third kappa shape index (κ3) is 1.59. The van der Waals surface area contributed by atoms with E-state index in [9.17, 15) is 4.79 Å². The van der Waals surface area contributed by atoms with Crippen molar-refractivity contribution in [3.05, 3.63) is 47.8 Å². The molecule has 1 amide bonds. The molecule has 4 nitrogen and oxygen atoms in total. The first kappa shape index (κ1) is 9.72. The Bertz CT molecular complexity index is 625. The Balaban J connectivity index is 2.09. The second-order valence-electron chi connectivity index (χ2n) is 3.95. The summed E-state index contributed by atoms with van der Waals surface area (Å²) in [6.45, 7) is 0. The third-order valence-corrected chi connectivity index (χ3v) is 2.74. The highest BCUT2D eigenvalue weighted by Gasteiger charge is 2.23. The van der Waals surface area contributed by atoms with Gasteiger partial charge in [-0.25, -0.2) is 0 Å². The maximum atomic E-state index is 11.8. The second kappa shape index (κ2) is 3.52. The van der Waals surface area contributed by atoms with Gasteiger partial charge in [0.25, 0.3) is 5.91 Å². The highest BCUT2D eigenvalue weighted by Crippen LogP contribution is 2.32. The van der Waals surface area contributed by atoms with Crippen LogP contribution in [0.5, 0.6) is 0 Å². The van der Waals surface area contributed by atoms with Crippen LogP contribution in [-0.2, 0) is 4.79 Å². The van der Waals surface area contributed by atoms with Crippen LogP contribution in [0.25, 0.3) is 11.6 Å². The number of benzene rings is 1. The molecule has 0 atom stereocenters. The van der Waals surface area contributed by atoms with Crippen LogP contribution >= 0.6 is 0 Å². The number of anilines is 2. The summed E-state index contributed by atoms with van der Waals surface area (Å²) in [5.74, 6) is -0.0839. The summed E-state index contributed by atoms with van der Waals surface area (Å²) in [7, 11) is 0. The van der Waals surface area contributed by atoms with Gasteiger partial charge in [-0.3, -0.25) is 4.79 Å². The van der Waals surface area contributed by atoms with Crippen molar-refractivity contribution in [1.29, 1.82) is 0 Å². The fourth-order valence-corrected chi connectivity index (χ4v) is 1.95. The summed E-state index contributed by atoms with van der Waals surface area (Å²) < 4.78 is 0. The topological polar surface area (TPSA) is 70.9 Å². The van der Waals surface area contributed by atoms with E-state index in [0.29, 0.717) is 11.3 Å². The number of rotatable bonds is 1. The summed E-state index contributed by atoms with van der Waals surface area (Å²) in [4.78, 5) is 14.8. The van der Waals surface area contributed by atoms with Crippen molar-refractivity contribution in [2.24, 2.45) is 0 Å². The zero-order valence-electron chi connectivity index (χ0n) is 9.03. The van der Waals surface area contributed by atoms with Crippen molar-refractivity contribution in [3.8, 4) is 0 Å². The monoisotopic (exact) mass is 225 g/mol. The Labute approximate surface area is 98.1 Å². The predicted molar refractivity (Wildman–Crippen MR) is 68.1 cm³/mol. The molecule has 1 aromatic heterocycles. The molecule has 0 saturated heterocycles. The number of nitrogen functional groups attached to an aromatic ring is 1. The molecule has 1 aromatic carbocycles. The number of amides is 1. The van der Waals surface area contributed by atoms with Gasteiger partial charge in [0, 0.05) is 28.8 Å². The van der Waals surface area contributed by atoms with Crippen molar-refractivity contribution in [2.45, 2.75) is 0 Å². The molecule has 4 heteroatoms. The zero-order valence-corrected chi connectivity index (χ0v) is 9.03. The largest absolute Gasteiger partial charge is 0.397 e. The normalized spacial score (nSPS) is 16.0. The molecule has 0 unspecified atom stereocenters. The number of carbonyl (C=O) groups is 1. The van der Waals surface area contributed by atoms with Crippen molar-refractivity contribution >= 4 is 28.9 Å². The van der Waals surface area contributed by atoms with Gasteiger partial charge >= 0.3 is 0 Å². The molecule has 84 valence electrons. The number of aromatic nitrogens is 1.